The van der Waals surface area contributed by atoms with E-state index in [0.29, 0.717) is 12.8 Å². The molecule has 1 unspecified atom stereocenters. The summed E-state index contributed by atoms with van der Waals surface area (Å²) >= 11 is 5.78. The molecule has 1 amide bonds. The van der Waals surface area contributed by atoms with E-state index >= 15 is 0 Å². The van der Waals surface area contributed by atoms with Gasteiger partial charge in [0.05, 0.1) is 15.5 Å². The molecule has 1 aliphatic heterocycles. The molecular formula is C12H13ClN2O5S. The quantitative estimate of drug-likeness (QED) is 0.840. The van der Waals surface area contributed by atoms with Crippen molar-refractivity contribution in [1.82, 2.24) is 4.31 Å². The molecule has 0 aromatic heterocycles. The van der Waals surface area contributed by atoms with Crippen LogP contribution in [-0.4, -0.2) is 42.3 Å². The molecule has 3 N–H and O–H groups in total. The summed E-state index contributed by atoms with van der Waals surface area (Å²) in [5.74, 6) is -1.95. The molecule has 9 heteroatoms. The maximum Gasteiger partial charge on any atom is 0.337 e. The third-order valence-electron chi connectivity index (χ3n) is 3.31. The highest BCUT2D eigenvalue weighted by molar-refractivity contribution is 7.89. The smallest absolute Gasteiger partial charge is 0.337 e. The zero-order chi connectivity index (χ0) is 15.8. The highest BCUT2D eigenvalue weighted by Gasteiger charge is 2.38. The topological polar surface area (TPSA) is 118 Å². The molecule has 21 heavy (non-hydrogen) atoms. The molecule has 1 heterocycles. The Labute approximate surface area is 126 Å². The van der Waals surface area contributed by atoms with Gasteiger partial charge in [0.15, 0.2) is 0 Å². The van der Waals surface area contributed by atoms with Crippen LogP contribution in [0.4, 0.5) is 0 Å². The number of primary amides is 1. The molecule has 1 fully saturated rings. The van der Waals surface area contributed by atoms with Gasteiger partial charge in [0.25, 0.3) is 0 Å². The highest BCUT2D eigenvalue weighted by atomic mass is 35.5. The third-order valence-corrected chi connectivity index (χ3v) is 5.53. The van der Waals surface area contributed by atoms with Crippen LogP contribution < -0.4 is 5.73 Å². The minimum absolute atomic E-state index is 0.161. The molecule has 0 radical (unpaired) electrons. The first kappa shape index (κ1) is 15.7. The lowest BCUT2D eigenvalue weighted by molar-refractivity contribution is -0.121. The molecule has 2 rings (SSSR count). The van der Waals surface area contributed by atoms with Crippen LogP contribution in [0.15, 0.2) is 23.1 Å². The second kappa shape index (κ2) is 5.63. The van der Waals surface area contributed by atoms with Gasteiger partial charge in [0, 0.05) is 6.54 Å². The van der Waals surface area contributed by atoms with Gasteiger partial charge >= 0.3 is 5.97 Å². The van der Waals surface area contributed by atoms with E-state index in [1.165, 1.54) is 0 Å². The fourth-order valence-electron chi connectivity index (χ4n) is 2.28. The number of nitrogens with two attached hydrogens (primary N) is 1. The van der Waals surface area contributed by atoms with Gasteiger partial charge in [-0.25, -0.2) is 13.2 Å². The van der Waals surface area contributed by atoms with Crippen LogP contribution in [0.25, 0.3) is 0 Å². The van der Waals surface area contributed by atoms with Gasteiger partial charge in [-0.1, -0.05) is 11.6 Å². The van der Waals surface area contributed by atoms with E-state index in [2.05, 4.69) is 0 Å². The number of halogens is 1. The number of amides is 1. The Hall–Kier alpha value is -1.64. The molecule has 1 aromatic carbocycles. The van der Waals surface area contributed by atoms with E-state index in [9.17, 15) is 18.0 Å². The minimum atomic E-state index is -3.94. The Bertz CT molecular complexity index is 704. The first-order chi connectivity index (χ1) is 9.75. The Morgan fingerprint density at radius 1 is 1.38 bits per heavy atom. The average molecular weight is 333 g/mol. The van der Waals surface area contributed by atoms with Crippen LogP contribution in [-0.2, 0) is 14.8 Å². The summed E-state index contributed by atoms with van der Waals surface area (Å²) in [4.78, 5) is 22.0. The Morgan fingerprint density at radius 2 is 2.05 bits per heavy atom. The van der Waals surface area contributed by atoms with Crippen LogP contribution in [0.2, 0.25) is 5.02 Å². The number of benzene rings is 1. The molecule has 1 saturated heterocycles. The van der Waals surface area contributed by atoms with Gasteiger partial charge < -0.3 is 10.8 Å². The number of sulfonamides is 1. The van der Waals surface area contributed by atoms with Crippen LogP contribution in [0, 0.1) is 0 Å². The SMILES string of the molecule is NC(=O)C1CCCN1S(=O)(=O)c1ccc(C(=O)O)c(Cl)c1. The minimum Gasteiger partial charge on any atom is -0.478 e. The molecular weight excluding hydrogens is 320 g/mol. The van der Waals surface area contributed by atoms with Crippen molar-refractivity contribution in [2.75, 3.05) is 6.54 Å². The molecule has 0 aliphatic carbocycles. The summed E-state index contributed by atoms with van der Waals surface area (Å²) in [5, 5.41) is 8.70. The summed E-state index contributed by atoms with van der Waals surface area (Å²) < 4.78 is 26.0. The number of carbonyl (C=O) groups is 2. The van der Waals surface area contributed by atoms with Crippen molar-refractivity contribution >= 4 is 33.5 Å². The van der Waals surface area contributed by atoms with Crippen LogP contribution in [0.1, 0.15) is 23.2 Å². The van der Waals surface area contributed by atoms with Gasteiger partial charge in [-0.15, -0.1) is 0 Å². The number of nitrogens with zero attached hydrogens (tertiary/aromatic N) is 1. The average Bonchev–Trinajstić information content (AvgIpc) is 2.88. The number of hydrogen-bond acceptors (Lipinski definition) is 4. The maximum atomic E-state index is 12.5. The van der Waals surface area contributed by atoms with Crippen molar-refractivity contribution in [1.29, 1.82) is 0 Å². The summed E-state index contributed by atoms with van der Waals surface area (Å²) in [6, 6.07) is 2.46. The van der Waals surface area contributed by atoms with Crippen molar-refractivity contribution in [2.24, 2.45) is 5.73 Å². The Kier molecular flexibility index (Phi) is 4.22. The first-order valence-electron chi connectivity index (χ1n) is 6.09. The maximum absolute atomic E-state index is 12.5. The monoisotopic (exact) mass is 332 g/mol. The normalized spacial score (nSPS) is 19.6. The Balaban J connectivity index is 2.43. The van der Waals surface area contributed by atoms with Crippen molar-refractivity contribution in [3.05, 3.63) is 28.8 Å². The van der Waals surface area contributed by atoms with Crippen molar-refractivity contribution < 1.29 is 23.1 Å². The molecule has 0 saturated carbocycles. The number of carbonyl (C=O) groups excluding carboxylic acids is 1. The second-order valence-electron chi connectivity index (χ2n) is 4.62. The van der Waals surface area contributed by atoms with Crippen molar-refractivity contribution in [3.63, 3.8) is 0 Å². The standard InChI is InChI=1S/C12H13ClN2O5S/c13-9-6-7(3-4-8(9)12(17)18)21(19,20)15-5-1-2-10(15)11(14)16/h3-4,6,10H,1-2,5H2,(H2,14,16)(H,17,18). The number of carboxylic acid groups (broad SMARTS) is 1. The highest BCUT2D eigenvalue weighted by Crippen LogP contribution is 2.28. The second-order valence-corrected chi connectivity index (χ2v) is 6.92. The molecule has 114 valence electrons. The lowest BCUT2D eigenvalue weighted by Gasteiger charge is -2.21. The van der Waals surface area contributed by atoms with Crippen LogP contribution in [0.5, 0.6) is 0 Å². The Morgan fingerprint density at radius 3 is 2.57 bits per heavy atom. The molecule has 0 bridgehead atoms. The van der Waals surface area contributed by atoms with Crippen LogP contribution in [0.3, 0.4) is 0 Å². The largest absolute Gasteiger partial charge is 0.478 e. The van der Waals surface area contributed by atoms with E-state index in [4.69, 9.17) is 22.4 Å². The predicted octanol–water partition coefficient (Wildman–Crippen LogP) is 0.677. The van der Waals surface area contributed by atoms with E-state index < -0.39 is 27.9 Å². The van der Waals surface area contributed by atoms with Gasteiger partial charge in [0.2, 0.25) is 15.9 Å². The summed E-state index contributed by atoms with van der Waals surface area (Å²) in [6.45, 7) is 0.189. The number of carboxylic acids is 1. The van der Waals surface area contributed by atoms with E-state index in [1.807, 2.05) is 0 Å². The molecule has 1 aliphatic rings. The van der Waals surface area contributed by atoms with Gasteiger partial charge in [-0.05, 0) is 31.0 Å². The molecule has 7 nitrogen and oxygen atoms in total. The molecule has 0 spiro atoms. The zero-order valence-corrected chi connectivity index (χ0v) is 12.4. The lowest BCUT2D eigenvalue weighted by Crippen LogP contribution is -2.43. The van der Waals surface area contributed by atoms with E-state index in [-0.39, 0.29) is 22.0 Å². The number of hydrogen-bond donors (Lipinski definition) is 2. The van der Waals surface area contributed by atoms with Crippen molar-refractivity contribution in [2.45, 2.75) is 23.8 Å². The molecule has 1 aromatic rings. The summed E-state index contributed by atoms with van der Waals surface area (Å²) in [7, 11) is -3.94. The summed E-state index contributed by atoms with van der Waals surface area (Å²) in [5.41, 5.74) is 5.02. The first-order valence-corrected chi connectivity index (χ1v) is 7.91. The molecule has 1 atom stereocenters. The fraction of sp³-hybridized carbons (Fsp3) is 0.333. The zero-order valence-electron chi connectivity index (χ0n) is 10.8. The van der Waals surface area contributed by atoms with Gasteiger partial charge in [-0.2, -0.15) is 4.31 Å². The van der Waals surface area contributed by atoms with E-state index in [1.54, 1.807) is 0 Å². The lowest BCUT2D eigenvalue weighted by atomic mass is 10.2. The third kappa shape index (κ3) is 2.87. The van der Waals surface area contributed by atoms with Crippen molar-refractivity contribution in [3.8, 4) is 0 Å². The fourth-order valence-corrected chi connectivity index (χ4v) is 4.29. The number of aromatic carboxylic acids is 1. The van der Waals surface area contributed by atoms with Gasteiger partial charge in [0.1, 0.15) is 6.04 Å². The predicted molar refractivity (Wildman–Crippen MR) is 74.5 cm³/mol. The van der Waals surface area contributed by atoms with Crippen LogP contribution >= 0.6 is 11.6 Å². The number of rotatable bonds is 4. The summed E-state index contributed by atoms with van der Waals surface area (Å²) in [6.07, 6.45) is 0.906. The van der Waals surface area contributed by atoms with Gasteiger partial charge in [-0.3, -0.25) is 4.79 Å². The van der Waals surface area contributed by atoms with E-state index in [0.717, 1.165) is 22.5 Å².